The zero-order valence-electron chi connectivity index (χ0n) is 15.1. The minimum Gasteiger partial charge on any atom is -0.465 e. The first-order chi connectivity index (χ1) is 12.4. The lowest BCUT2D eigenvalue weighted by Crippen LogP contribution is -2.39. The van der Waals surface area contributed by atoms with Crippen LogP contribution in [-0.4, -0.2) is 57.0 Å². The van der Waals surface area contributed by atoms with Gasteiger partial charge in [-0.3, -0.25) is 9.48 Å². The lowest BCUT2D eigenvalue weighted by atomic mass is 10.1. The number of para-hydroxylation sites is 1. The summed E-state index contributed by atoms with van der Waals surface area (Å²) < 4.78 is 1.83. The molecule has 0 radical (unpaired) electrons. The molecule has 1 saturated heterocycles. The first-order valence-corrected chi connectivity index (χ1v) is 8.90. The Morgan fingerprint density at radius 2 is 2.12 bits per heavy atom. The van der Waals surface area contributed by atoms with Crippen molar-refractivity contribution < 1.29 is 14.7 Å². The van der Waals surface area contributed by atoms with Gasteiger partial charge >= 0.3 is 6.09 Å². The van der Waals surface area contributed by atoms with Gasteiger partial charge in [-0.05, 0) is 39.3 Å². The van der Waals surface area contributed by atoms with Gasteiger partial charge in [0.05, 0.1) is 5.52 Å². The van der Waals surface area contributed by atoms with Gasteiger partial charge in [0.15, 0.2) is 5.69 Å². The molecule has 2 aromatic rings. The number of likely N-dealkylation sites (tertiary alicyclic amines) is 1. The molecule has 8 heteroatoms. The third-order valence-electron chi connectivity index (χ3n) is 4.81. The first kappa shape index (κ1) is 18.2. The SMILES string of the molecule is CC(C)n1nc(C(=O)NC2CC(CCN)N(C(=O)O)C2)c2ccccc21. The van der Waals surface area contributed by atoms with Crippen molar-refractivity contribution in [1.82, 2.24) is 20.0 Å². The van der Waals surface area contributed by atoms with Gasteiger partial charge in [0.25, 0.3) is 5.91 Å². The van der Waals surface area contributed by atoms with Crippen LogP contribution in [0, 0.1) is 0 Å². The summed E-state index contributed by atoms with van der Waals surface area (Å²) >= 11 is 0. The minimum atomic E-state index is -0.977. The molecule has 26 heavy (non-hydrogen) atoms. The third kappa shape index (κ3) is 3.37. The molecule has 2 atom stereocenters. The summed E-state index contributed by atoms with van der Waals surface area (Å²) in [5.74, 6) is -0.274. The zero-order chi connectivity index (χ0) is 18.8. The monoisotopic (exact) mass is 359 g/mol. The Morgan fingerprint density at radius 3 is 2.77 bits per heavy atom. The summed E-state index contributed by atoms with van der Waals surface area (Å²) in [6.07, 6.45) is 0.177. The van der Waals surface area contributed by atoms with Gasteiger partial charge in [0, 0.05) is 30.1 Å². The van der Waals surface area contributed by atoms with Crippen molar-refractivity contribution in [2.75, 3.05) is 13.1 Å². The van der Waals surface area contributed by atoms with Gasteiger partial charge < -0.3 is 21.1 Å². The predicted octanol–water partition coefficient (Wildman–Crippen LogP) is 1.82. The van der Waals surface area contributed by atoms with Crippen molar-refractivity contribution in [3.05, 3.63) is 30.0 Å². The van der Waals surface area contributed by atoms with Crippen LogP contribution >= 0.6 is 0 Å². The lowest BCUT2D eigenvalue weighted by Gasteiger charge is -2.20. The van der Waals surface area contributed by atoms with Crippen LogP contribution in [0.25, 0.3) is 10.9 Å². The molecular formula is C18H25N5O3. The average Bonchev–Trinajstić information content (AvgIpc) is 3.17. The number of hydrogen-bond donors (Lipinski definition) is 3. The van der Waals surface area contributed by atoms with Crippen LogP contribution in [0.3, 0.4) is 0 Å². The van der Waals surface area contributed by atoms with Crippen LogP contribution in [0.5, 0.6) is 0 Å². The van der Waals surface area contributed by atoms with E-state index < -0.39 is 6.09 Å². The Labute approximate surface area is 151 Å². The summed E-state index contributed by atoms with van der Waals surface area (Å²) in [6, 6.07) is 7.35. The van der Waals surface area contributed by atoms with Crippen molar-refractivity contribution in [3.63, 3.8) is 0 Å². The Morgan fingerprint density at radius 1 is 1.38 bits per heavy atom. The Bertz CT molecular complexity index is 816. The highest BCUT2D eigenvalue weighted by Crippen LogP contribution is 2.24. The number of nitrogens with one attached hydrogen (secondary N) is 1. The Balaban J connectivity index is 1.81. The molecule has 0 bridgehead atoms. The van der Waals surface area contributed by atoms with Crippen molar-refractivity contribution in [2.45, 2.75) is 44.8 Å². The predicted molar refractivity (Wildman–Crippen MR) is 98.2 cm³/mol. The summed E-state index contributed by atoms with van der Waals surface area (Å²) in [7, 11) is 0. The van der Waals surface area contributed by atoms with Crippen LogP contribution in [0.15, 0.2) is 24.3 Å². The fraction of sp³-hybridized carbons (Fsp3) is 0.500. The lowest BCUT2D eigenvalue weighted by molar-refractivity contribution is 0.0931. The second-order valence-corrected chi connectivity index (χ2v) is 6.98. The minimum absolute atomic E-state index is 0.129. The van der Waals surface area contributed by atoms with E-state index in [9.17, 15) is 14.7 Å². The maximum absolute atomic E-state index is 12.8. The summed E-state index contributed by atoms with van der Waals surface area (Å²) in [6.45, 7) is 4.72. The maximum Gasteiger partial charge on any atom is 0.407 e. The molecule has 0 spiro atoms. The summed E-state index contributed by atoms with van der Waals surface area (Å²) in [5, 5.41) is 17.6. The van der Waals surface area contributed by atoms with E-state index in [0.717, 1.165) is 10.9 Å². The molecule has 0 aliphatic carbocycles. The van der Waals surface area contributed by atoms with Gasteiger partial charge in [-0.25, -0.2) is 4.79 Å². The van der Waals surface area contributed by atoms with E-state index in [-0.39, 0.29) is 30.6 Å². The molecule has 140 valence electrons. The molecule has 2 unspecified atom stereocenters. The van der Waals surface area contributed by atoms with Gasteiger partial charge in [0.2, 0.25) is 0 Å². The second-order valence-electron chi connectivity index (χ2n) is 6.98. The molecule has 0 saturated carbocycles. The Kier molecular flexibility index (Phi) is 5.13. The van der Waals surface area contributed by atoms with E-state index >= 15 is 0 Å². The number of carbonyl (C=O) groups is 2. The smallest absolute Gasteiger partial charge is 0.407 e. The molecule has 4 N–H and O–H groups in total. The largest absolute Gasteiger partial charge is 0.465 e. The van der Waals surface area contributed by atoms with E-state index in [1.165, 1.54) is 4.90 Å². The van der Waals surface area contributed by atoms with Crippen LogP contribution in [0.4, 0.5) is 4.79 Å². The molecule has 2 heterocycles. The quantitative estimate of drug-likeness (QED) is 0.753. The molecule has 1 aromatic heterocycles. The van der Waals surface area contributed by atoms with Crippen molar-refractivity contribution in [3.8, 4) is 0 Å². The van der Waals surface area contributed by atoms with Crippen LogP contribution in [-0.2, 0) is 0 Å². The van der Waals surface area contributed by atoms with Crippen molar-refractivity contribution >= 4 is 22.9 Å². The van der Waals surface area contributed by atoms with Crippen LogP contribution in [0.1, 0.15) is 43.2 Å². The number of carboxylic acid groups (broad SMARTS) is 1. The Hall–Kier alpha value is -2.61. The zero-order valence-corrected chi connectivity index (χ0v) is 15.1. The van der Waals surface area contributed by atoms with E-state index in [1.807, 2.05) is 42.8 Å². The topological polar surface area (TPSA) is 113 Å². The highest BCUT2D eigenvalue weighted by Gasteiger charge is 2.36. The highest BCUT2D eigenvalue weighted by atomic mass is 16.4. The summed E-state index contributed by atoms with van der Waals surface area (Å²) in [5.41, 5.74) is 6.87. The van der Waals surface area contributed by atoms with Crippen molar-refractivity contribution in [1.29, 1.82) is 0 Å². The number of carbonyl (C=O) groups excluding carboxylic acids is 1. The average molecular weight is 359 g/mol. The fourth-order valence-electron chi connectivity index (χ4n) is 3.63. The number of benzene rings is 1. The van der Waals surface area contributed by atoms with Gasteiger partial charge in [0.1, 0.15) is 0 Å². The maximum atomic E-state index is 12.8. The number of hydrogen-bond acceptors (Lipinski definition) is 4. The van der Waals surface area contributed by atoms with E-state index in [4.69, 9.17) is 5.73 Å². The number of nitrogens with zero attached hydrogens (tertiary/aromatic N) is 3. The number of aromatic nitrogens is 2. The van der Waals surface area contributed by atoms with Gasteiger partial charge in [-0.15, -0.1) is 0 Å². The summed E-state index contributed by atoms with van der Waals surface area (Å²) in [4.78, 5) is 25.6. The molecule has 3 rings (SSSR count). The number of amides is 2. The number of nitrogens with two attached hydrogens (primary N) is 1. The molecule has 1 aromatic carbocycles. The number of rotatable bonds is 5. The van der Waals surface area contributed by atoms with Crippen molar-refractivity contribution in [2.24, 2.45) is 5.73 Å². The fourth-order valence-corrected chi connectivity index (χ4v) is 3.63. The van der Waals surface area contributed by atoms with Gasteiger partial charge in [-0.1, -0.05) is 18.2 Å². The molecular weight excluding hydrogens is 334 g/mol. The normalized spacial score (nSPS) is 20.1. The van der Waals surface area contributed by atoms with E-state index in [1.54, 1.807) is 0 Å². The van der Waals surface area contributed by atoms with Crippen LogP contribution in [0.2, 0.25) is 0 Å². The van der Waals surface area contributed by atoms with Crippen LogP contribution < -0.4 is 11.1 Å². The van der Waals surface area contributed by atoms with E-state index in [0.29, 0.717) is 25.1 Å². The highest BCUT2D eigenvalue weighted by molar-refractivity contribution is 6.05. The molecule has 1 aliphatic heterocycles. The molecule has 1 aliphatic rings. The molecule has 2 amide bonds. The standard InChI is InChI=1S/C18H25N5O3/c1-11(2)23-15-6-4-3-5-14(15)16(21-23)17(24)20-12-9-13(7-8-19)22(10-12)18(25)26/h3-6,11-13H,7-10,19H2,1-2H3,(H,20,24)(H,25,26). The second kappa shape index (κ2) is 7.33. The third-order valence-corrected chi connectivity index (χ3v) is 4.81. The molecule has 8 nitrogen and oxygen atoms in total. The number of fused-ring (bicyclic) bond motifs is 1. The first-order valence-electron chi connectivity index (χ1n) is 8.90. The molecule has 1 fully saturated rings. The van der Waals surface area contributed by atoms with Gasteiger partial charge in [-0.2, -0.15) is 5.10 Å². The van der Waals surface area contributed by atoms with E-state index in [2.05, 4.69) is 10.4 Å².